The molecule has 1 aliphatic heterocycles. The molecule has 3 rings (SSSR count). The minimum absolute atomic E-state index is 0.0248. The lowest BCUT2D eigenvalue weighted by Crippen LogP contribution is -2.39. The van der Waals surface area contributed by atoms with Crippen molar-refractivity contribution in [1.29, 1.82) is 0 Å². The standard InChI is InChI=1S/C24H33N3O5S/c1-18(19-8-10-20(11-9-19)27-14-6-5-7-15-27)25-24(28)17-26(2)33(29,30)21-12-13-22(31-3)23(16-21)32-4/h8-13,16,18H,5-7,14-15,17H2,1-4H3,(H,25,28)/t18-/m0/s1. The number of nitrogens with zero attached hydrogens (tertiary/aromatic N) is 2. The van der Waals surface area contributed by atoms with Gasteiger partial charge in [-0.25, -0.2) is 8.42 Å². The van der Waals surface area contributed by atoms with Crippen molar-refractivity contribution in [2.75, 3.05) is 45.8 Å². The summed E-state index contributed by atoms with van der Waals surface area (Å²) in [5, 5.41) is 2.89. The zero-order chi connectivity index (χ0) is 24.0. The molecule has 1 amide bonds. The SMILES string of the molecule is COc1ccc(S(=O)(=O)N(C)CC(=O)N[C@@H](C)c2ccc(N3CCCCC3)cc2)cc1OC. The molecule has 1 N–H and O–H groups in total. The van der Waals surface area contributed by atoms with Gasteiger partial charge >= 0.3 is 0 Å². The van der Waals surface area contributed by atoms with Gasteiger partial charge in [0.05, 0.1) is 31.7 Å². The van der Waals surface area contributed by atoms with Gasteiger partial charge in [0.2, 0.25) is 15.9 Å². The van der Waals surface area contributed by atoms with Crippen LogP contribution in [0.3, 0.4) is 0 Å². The van der Waals surface area contributed by atoms with Crippen LogP contribution in [0, 0.1) is 0 Å². The van der Waals surface area contributed by atoms with Gasteiger partial charge in [0.1, 0.15) is 0 Å². The van der Waals surface area contributed by atoms with Gasteiger partial charge in [-0.3, -0.25) is 4.79 Å². The number of hydrogen-bond donors (Lipinski definition) is 1. The summed E-state index contributed by atoms with van der Waals surface area (Å²) in [7, 11) is 0.413. The molecule has 1 fully saturated rings. The predicted octanol–water partition coefficient (Wildman–Crippen LogP) is 3.19. The average Bonchev–Trinajstić information content (AvgIpc) is 2.83. The first kappa shape index (κ1) is 24.9. The van der Waals surface area contributed by atoms with Gasteiger partial charge in [-0.2, -0.15) is 4.31 Å². The zero-order valence-corrected chi connectivity index (χ0v) is 20.5. The molecule has 180 valence electrons. The molecular formula is C24H33N3O5S. The van der Waals surface area contributed by atoms with Crippen molar-refractivity contribution >= 4 is 21.6 Å². The van der Waals surface area contributed by atoms with E-state index in [1.54, 1.807) is 0 Å². The summed E-state index contributed by atoms with van der Waals surface area (Å²) >= 11 is 0. The molecule has 1 atom stereocenters. The Bertz CT molecular complexity index is 1050. The Kier molecular flexibility index (Phi) is 8.20. The van der Waals surface area contributed by atoms with Crippen molar-refractivity contribution in [2.24, 2.45) is 0 Å². The second-order valence-electron chi connectivity index (χ2n) is 8.21. The predicted molar refractivity (Wildman–Crippen MR) is 128 cm³/mol. The number of piperidine rings is 1. The third-order valence-corrected chi connectivity index (χ3v) is 7.72. The fourth-order valence-corrected chi connectivity index (χ4v) is 5.08. The van der Waals surface area contributed by atoms with Gasteiger partial charge in [0.15, 0.2) is 11.5 Å². The van der Waals surface area contributed by atoms with Crippen molar-refractivity contribution in [3.8, 4) is 11.5 Å². The van der Waals surface area contributed by atoms with E-state index in [2.05, 4.69) is 22.3 Å². The summed E-state index contributed by atoms with van der Waals surface area (Å²) in [5.41, 5.74) is 2.16. The number of hydrogen-bond acceptors (Lipinski definition) is 6. The molecule has 1 aliphatic rings. The Morgan fingerprint density at radius 1 is 1.03 bits per heavy atom. The third-order valence-electron chi connectivity index (χ3n) is 5.92. The summed E-state index contributed by atoms with van der Waals surface area (Å²) in [6, 6.07) is 12.3. The minimum Gasteiger partial charge on any atom is -0.493 e. The lowest BCUT2D eigenvalue weighted by Gasteiger charge is -2.29. The average molecular weight is 476 g/mol. The molecule has 1 saturated heterocycles. The Morgan fingerprint density at radius 3 is 2.27 bits per heavy atom. The highest BCUT2D eigenvalue weighted by Gasteiger charge is 2.25. The van der Waals surface area contributed by atoms with Crippen LogP contribution in [0.5, 0.6) is 11.5 Å². The second kappa shape index (κ2) is 10.9. The fraction of sp³-hybridized carbons (Fsp3) is 0.458. The largest absolute Gasteiger partial charge is 0.493 e. The van der Waals surface area contributed by atoms with Gasteiger partial charge in [-0.1, -0.05) is 12.1 Å². The van der Waals surface area contributed by atoms with Crippen LogP contribution in [0.2, 0.25) is 0 Å². The van der Waals surface area contributed by atoms with E-state index in [4.69, 9.17) is 9.47 Å². The molecule has 0 radical (unpaired) electrons. The summed E-state index contributed by atoms with van der Waals surface area (Å²) in [6.07, 6.45) is 3.72. The number of anilines is 1. The number of nitrogens with one attached hydrogen (secondary N) is 1. The van der Waals surface area contributed by atoms with Crippen LogP contribution in [0.4, 0.5) is 5.69 Å². The van der Waals surface area contributed by atoms with E-state index in [1.807, 2.05) is 19.1 Å². The molecule has 2 aromatic rings. The number of carbonyl (C=O) groups is 1. The van der Waals surface area contributed by atoms with Crippen LogP contribution in [0.15, 0.2) is 47.4 Å². The molecule has 0 aliphatic carbocycles. The normalized spacial score (nSPS) is 15.2. The molecule has 0 aromatic heterocycles. The topological polar surface area (TPSA) is 88.2 Å². The lowest BCUT2D eigenvalue weighted by atomic mass is 10.1. The molecule has 0 spiro atoms. The smallest absolute Gasteiger partial charge is 0.243 e. The number of carbonyl (C=O) groups excluding carboxylic acids is 1. The number of ether oxygens (including phenoxy) is 2. The number of amides is 1. The number of likely N-dealkylation sites (N-methyl/N-ethyl adjacent to an activating group) is 1. The van der Waals surface area contributed by atoms with Gasteiger partial charge in [-0.05, 0) is 56.0 Å². The highest BCUT2D eigenvalue weighted by atomic mass is 32.2. The molecule has 8 nitrogen and oxygen atoms in total. The van der Waals surface area contributed by atoms with Crippen LogP contribution < -0.4 is 19.7 Å². The van der Waals surface area contributed by atoms with Crippen LogP contribution in [-0.2, 0) is 14.8 Å². The number of methoxy groups -OCH3 is 2. The van der Waals surface area contributed by atoms with E-state index in [1.165, 1.54) is 64.4 Å². The van der Waals surface area contributed by atoms with E-state index in [0.717, 1.165) is 23.0 Å². The Balaban J connectivity index is 1.61. The fourth-order valence-electron chi connectivity index (χ4n) is 3.94. The summed E-state index contributed by atoms with van der Waals surface area (Å²) in [5.74, 6) is 0.351. The number of sulfonamides is 1. The molecule has 1 heterocycles. The first-order chi connectivity index (χ1) is 15.8. The molecule has 0 bridgehead atoms. The maximum atomic E-state index is 12.9. The number of benzene rings is 2. The van der Waals surface area contributed by atoms with Gasteiger partial charge in [-0.15, -0.1) is 0 Å². The summed E-state index contributed by atoms with van der Waals surface area (Å²) in [6.45, 7) is 3.74. The highest BCUT2D eigenvalue weighted by molar-refractivity contribution is 7.89. The van der Waals surface area contributed by atoms with E-state index in [0.29, 0.717) is 11.5 Å². The minimum atomic E-state index is -3.88. The Labute approximate surface area is 196 Å². The monoisotopic (exact) mass is 475 g/mol. The van der Waals surface area contributed by atoms with Crippen molar-refractivity contribution in [1.82, 2.24) is 9.62 Å². The van der Waals surface area contributed by atoms with Crippen LogP contribution in [-0.4, -0.2) is 59.5 Å². The molecule has 2 aromatic carbocycles. The maximum absolute atomic E-state index is 12.9. The first-order valence-corrected chi connectivity index (χ1v) is 12.5. The maximum Gasteiger partial charge on any atom is 0.243 e. The van der Waals surface area contributed by atoms with Crippen molar-refractivity contribution in [3.05, 3.63) is 48.0 Å². The molecule has 0 saturated carbocycles. The number of rotatable bonds is 9. The highest BCUT2D eigenvalue weighted by Crippen LogP contribution is 2.30. The second-order valence-corrected chi connectivity index (χ2v) is 10.3. The van der Waals surface area contributed by atoms with E-state index >= 15 is 0 Å². The van der Waals surface area contributed by atoms with E-state index in [9.17, 15) is 13.2 Å². The Morgan fingerprint density at radius 2 is 1.67 bits per heavy atom. The summed E-state index contributed by atoms with van der Waals surface area (Å²) in [4.78, 5) is 15.0. The molecule has 33 heavy (non-hydrogen) atoms. The molecular weight excluding hydrogens is 442 g/mol. The molecule has 9 heteroatoms. The Hall–Kier alpha value is -2.78. The lowest BCUT2D eigenvalue weighted by molar-refractivity contribution is -0.121. The van der Waals surface area contributed by atoms with Crippen LogP contribution in [0.25, 0.3) is 0 Å². The summed E-state index contributed by atoms with van der Waals surface area (Å²) < 4.78 is 37.2. The quantitative estimate of drug-likeness (QED) is 0.599. The van der Waals surface area contributed by atoms with E-state index < -0.39 is 10.0 Å². The first-order valence-electron chi connectivity index (χ1n) is 11.1. The van der Waals surface area contributed by atoms with Crippen molar-refractivity contribution < 1.29 is 22.7 Å². The zero-order valence-electron chi connectivity index (χ0n) is 19.7. The van der Waals surface area contributed by atoms with Crippen LogP contribution >= 0.6 is 0 Å². The van der Waals surface area contributed by atoms with E-state index in [-0.39, 0.29) is 23.4 Å². The van der Waals surface area contributed by atoms with Gasteiger partial charge in [0.25, 0.3) is 0 Å². The van der Waals surface area contributed by atoms with Gasteiger partial charge in [0, 0.05) is 31.9 Å². The van der Waals surface area contributed by atoms with Crippen molar-refractivity contribution in [2.45, 2.75) is 37.1 Å². The molecule has 0 unspecified atom stereocenters. The van der Waals surface area contributed by atoms with Gasteiger partial charge < -0.3 is 19.7 Å². The van der Waals surface area contributed by atoms with Crippen LogP contribution in [0.1, 0.15) is 37.8 Å². The van der Waals surface area contributed by atoms with Crippen molar-refractivity contribution in [3.63, 3.8) is 0 Å². The third kappa shape index (κ3) is 5.97.